The van der Waals surface area contributed by atoms with Crippen LogP contribution in [0.4, 0.5) is 0 Å². The van der Waals surface area contributed by atoms with Gasteiger partial charge in [-0.2, -0.15) is 0 Å². The van der Waals surface area contributed by atoms with E-state index in [2.05, 4.69) is 13.8 Å². The second-order valence-electron chi connectivity index (χ2n) is 5.69. The molecule has 1 fully saturated rings. The lowest BCUT2D eigenvalue weighted by atomic mass is 10.1. The monoisotopic (exact) mass is 311 g/mol. The average molecular weight is 311 g/mol. The van der Waals surface area contributed by atoms with Crippen LogP contribution in [0.15, 0.2) is 12.1 Å². The molecule has 2 rings (SSSR count). The Hall–Kier alpha value is -1.40. The van der Waals surface area contributed by atoms with Crippen LogP contribution in [0.2, 0.25) is 0 Å². The number of carbonyl (C=O) groups is 2. The predicted octanol–water partition coefficient (Wildman–Crippen LogP) is 2.72. The van der Waals surface area contributed by atoms with Crippen molar-refractivity contribution >= 4 is 23.2 Å². The van der Waals surface area contributed by atoms with Gasteiger partial charge in [-0.15, -0.1) is 11.3 Å². The molecule has 0 aliphatic carbocycles. The first-order chi connectivity index (χ1) is 9.97. The summed E-state index contributed by atoms with van der Waals surface area (Å²) >= 11 is 1.04. The van der Waals surface area contributed by atoms with Crippen LogP contribution in [0.25, 0.3) is 0 Å². The molecule has 1 aliphatic heterocycles. The number of thiophene rings is 1. The van der Waals surface area contributed by atoms with E-state index in [4.69, 9.17) is 9.84 Å². The fourth-order valence-corrected chi connectivity index (χ4v) is 3.09. The molecule has 2 heterocycles. The first-order valence-electron chi connectivity index (χ1n) is 7.21. The Labute approximate surface area is 128 Å². The van der Waals surface area contributed by atoms with Crippen molar-refractivity contribution in [2.24, 2.45) is 5.92 Å². The number of nitrogens with zero attached hydrogens (tertiary/aromatic N) is 1. The molecule has 1 aliphatic rings. The molecule has 5 nitrogen and oxygen atoms in total. The normalized spacial score (nSPS) is 16.4. The Bertz CT molecular complexity index is 504. The quantitative estimate of drug-likeness (QED) is 0.908. The number of carbonyl (C=O) groups excluding carboxylic acids is 1. The first-order valence-corrected chi connectivity index (χ1v) is 8.03. The molecule has 1 saturated heterocycles. The molecule has 1 N–H and O–H groups in total. The van der Waals surface area contributed by atoms with Gasteiger partial charge in [0, 0.05) is 19.7 Å². The molecule has 1 aromatic heterocycles. The summed E-state index contributed by atoms with van der Waals surface area (Å²) in [5, 5.41) is 8.90. The number of aromatic carboxylic acids is 1. The topological polar surface area (TPSA) is 66.8 Å². The van der Waals surface area contributed by atoms with Crippen LogP contribution < -0.4 is 0 Å². The van der Waals surface area contributed by atoms with Crippen molar-refractivity contribution in [3.05, 3.63) is 21.9 Å². The van der Waals surface area contributed by atoms with Crippen molar-refractivity contribution in [2.45, 2.75) is 32.8 Å². The van der Waals surface area contributed by atoms with Crippen LogP contribution >= 0.6 is 11.3 Å². The minimum atomic E-state index is -0.986. The van der Waals surface area contributed by atoms with Gasteiger partial charge in [0.15, 0.2) is 0 Å². The van der Waals surface area contributed by atoms with Gasteiger partial charge in [0.05, 0.1) is 11.0 Å². The van der Waals surface area contributed by atoms with Crippen LogP contribution in [-0.2, 0) is 4.74 Å². The fourth-order valence-electron chi connectivity index (χ4n) is 2.28. The molecule has 0 unspecified atom stereocenters. The molecule has 1 aromatic rings. The van der Waals surface area contributed by atoms with E-state index in [9.17, 15) is 9.59 Å². The van der Waals surface area contributed by atoms with Gasteiger partial charge in [-0.1, -0.05) is 13.8 Å². The Kier molecular flexibility index (Phi) is 5.36. The van der Waals surface area contributed by atoms with E-state index in [0.29, 0.717) is 23.9 Å². The van der Waals surface area contributed by atoms with Crippen LogP contribution in [-0.4, -0.2) is 47.7 Å². The second kappa shape index (κ2) is 7.04. The number of carboxylic acids is 1. The number of likely N-dealkylation sites (tertiary alicyclic amines) is 1. The lowest BCUT2D eigenvalue weighted by Crippen LogP contribution is -2.40. The number of carboxylic acid groups (broad SMARTS) is 1. The molecule has 0 radical (unpaired) electrons. The highest BCUT2D eigenvalue weighted by Gasteiger charge is 2.25. The van der Waals surface area contributed by atoms with E-state index >= 15 is 0 Å². The molecule has 0 bridgehead atoms. The maximum absolute atomic E-state index is 12.3. The highest BCUT2D eigenvalue weighted by molar-refractivity contribution is 7.15. The summed E-state index contributed by atoms with van der Waals surface area (Å²) in [5.41, 5.74) is 0. The zero-order chi connectivity index (χ0) is 15.4. The van der Waals surface area contributed by atoms with Crippen LogP contribution in [0.1, 0.15) is 46.0 Å². The molecule has 0 saturated carbocycles. The average Bonchev–Trinajstić information content (AvgIpc) is 2.95. The van der Waals surface area contributed by atoms with Crippen molar-refractivity contribution < 1.29 is 19.4 Å². The number of rotatable bonds is 5. The zero-order valence-electron chi connectivity index (χ0n) is 12.4. The molecule has 116 valence electrons. The third-order valence-electron chi connectivity index (χ3n) is 3.42. The number of hydrogen-bond donors (Lipinski definition) is 1. The highest BCUT2D eigenvalue weighted by atomic mass is 32.1. The minimum Gasteiger partial charge on any atom is -0.477 e. The highest BCUT2D eigenvalue weighted by Crippen LogP contribution is 2.21. The fraction of sp³-hybridized carbons (Fsp3) is 0.600. The number of hydrogen-bond acceptors (Lipinski definition) is 4. The van der Waals surface area contributed by atoms with Gasteiger partial charge in [0.1, 0.15) is 4.88 Å². The van der Waals surface area contributed by atoms with E-state index in [1.54, 1.807) is 11.0 Å². The van der Waals surface area contributed by atoms with E-state index in [1.807, 2.05) is 0 Å². The number of piperidine rings is 1. The SMILES string of the molecule is CC(C)COC1CCN(C(=O)c2ccc(C(=O)O)s2)CC1. The Morgan fingerprint density at radius 2 is 1.95 bits per heavy atom. The first kappa shape index (κ1) is 16.0. The Morgan fingerprint density at radius 3 is 2.48 bits per heavy atom. The summed E-state index contributed by atoms with van der Waals surface area (Å²) in [6, 6.07) is 3.08. The molecular weight excluding hydrogens is 290 g/mol. The standard InChI is InChI=1S/C15H21NO4S/c1-10(2)9-20-11-5-7-16(8-6-11)14(17)12-3-4-13(21-12)15(18)19/h3-4,10-11H,5-9H2,1-2H3,(H,18,19). The molecule has 6 heteroatoms. The summed E-state index contributed by atoms with van der Waals surface area (Å²) in [4.78, 5) is 25.6. The van der Waals surface area contributed by atoms with Crippen molar-refractivity contribution in [1.82, 2.24) is 4.90 Å². The molecule has 0 atom stereocenters. The van der Waals surface area contributed by atoms with Crippen LogP contribution in [0, 0.1) is 5.92 Å². The summed E-state index contributed by atoms with van der Waals surface area (Å²) in [6.07, 6.45) is 1.92. The maximum Gasteiger partial charge on any atom is 0.345 e. The Morgan fingerprint density at radius 1 is 1.33 bits per heavy atom. The largest absolute Gasteiger partial charge is 0.477 e. The van der Waals surface area contributed by atoms with E-state index < -0.39 is 5.97 Å². The zero-order valence-corrected chi connectivity index (χ0v) is 13.2. The van der Waals surface area contributed by atoms with E-state index in [0.717, 1.165) is 30.8 Å². The van der Waals surface area contributed by atoms with Gasteiger partial charge in [0.2, 0.25) is 0 Å². The van der Waals surface area contributed by atoms with E-state index in [1.165, 1.54) is 6.07 Å². The molecule has 0 aromatic carbocycles. The Balaban J connectivity index is 1.86. The third-order valence-corrected chi connectivity index (χ3v) is 4.48. The summed E-state index contributed by atoms with van der Waals surface area (Å²) in [7, 11) is 0. The predicted molar refractivity (Wildman–Crippen MR) is 81.0 cm³/mol. The number of amides is 1. The van der Waals surface area contributed by atoms with Crippen LogP contribution in [0.5, 0.6) is 0 Å². The van der Waals surface area contributed by atoms with Gasteiger partial charge >= 0.3 is 5.97 Å². The molecule has 1 amide bonds. The second-order valence-corrected chi connectivity index (χ2v) is 6.77. The van der Waals surface area contributed by atoms with E-state index in [-0.39, 0.29) is 16.9 Å². The lowest BCUT2D eigenvalue weighted by molar-refractivity contribution is -0.00221. The van der Waals surface area contributed by atoms with Crippen molar-refractivity contribution in [3.63, 3.8) is 0 Å². The summed E-state index contributed by atoms with van der Waals surface area (Å²) < 4.78 is 5.80. The molecular formula is C15H21NO4S. The number of ether oxygens (including phenoxy) is 1. The summed E-state index contributed by atoms with van der Waals surface area (Å²) in [6.45, 7) is 6.33. The van der Waals surface area contributed by atoms with Gasteiger partial charge in [-0.25, -0.2) is 4.79 Å². The van der Waals surface area contributed by atoms with Crippen molar-refractivity contribution in [3.8, 4) is 0 Å². The van der Waals surface area contributed by atoms with Crippen LogP contribution in [0.3, 0.4) is 0 Å². The van der Waals surface area contributed by atoms with Crippen molar-refractivity contribution in [1.29, 1.82) is 0 Å². The lowest BCUT2D eigenvalue weighted by Gasteiger charge is -2.32. The van der Waals surface area contributed by atoms with Gasteiger partial charge in [0.25, 0.3) is 5.91 Å². The molecule has 0 spiro atoms. The molecule has 21 heavy (non-hydrogen) atoms. The van der Waals surface area contributed by atoms with Gasteiger partial charge in [-0.05, 0) is 30.9 Å². The smallest absolute Gasteiger partial charge is 0.345 e. The van der Waals surface area contributed by atoms with Gasteiger partial charge < -0.3 is 14.7 Å². The summed E-state index contributed by atoms with van der Waals surface area (Å²) in [5.74, 6) is -0.542. The maximum atomic E-state index is 12.3. The van der Waals surface area contributed by atoms with Gasteiger partial charge in [-0.3, -0.25) is 4.79 Å². The minimum absolute atomic E-state index is 0.0743. The third kappa shape index (κ3) is 4.28. The van der Waals surface area contributed by atoms with Crippen molar-refractivity contribution in [2.75, 3.05) is 19.7 Å².